The lowest BCUT2D eigenvalue weighted by atomic mass is 10.2. The van der Waals surface area contributed by atoms with Crippen molar-refractivity contribution in [2.24, 2.45) is 0 Å². The number of benzene rings is 1. The van der Waals surface area contributed by atoms with Crippen LogP contribution in [-0.4, -0.2) is 29.7 Å². The molecule has 0 aliphatic rings. The number of hydrogen-bond acceptors (Lipinski definition) is 6. The van der Waals surface area contributed by atoms with Gasteiger partial charge in [-0.25, -0.2) is 14.6 Å². The number of aromatic amines is 1. The summed E-state index contributed by atoms with van der Waals surface area (Å²) < 4.78 is 1.79. The molecular weight excluding hydrogens is 370 g/mol. The predicted octanol–water partition coefficient (Wildman–Crippen LogP) is 4.38. The number of nitrogens with zero attached hydrogens (tertiary/aromatic N) is 5. The van der Waals surface area contributed by atoms with Crippen molar-refractivity contribution in [2.45, 2.75) is 13.5 Å². The molecule has 7 nitrogen and oxygen atoms in total. The molecule has 0 unspecified atom stereocenters. The van der Waals surface area contributed by atoms with Gasteiger partial charge in [0.15, 0.2) is 0 Å². The molecule has 0 radical (unpaired) electrons. The maximum Gasteiger partial charge on any atom is 0.229 e. The Kier molecular flexibility index (Phi) is 4.10. The second-order valence-corrected chi connectivity index (χ2v) is 7.45. The molecule has 0 aliphatic heterocycles. The molecule has 4 heterocycles. The third-order valence-corrected chi connectivity index (χ3v) is 5.46. The fourth-order valence-corrected chi connectivity index (χ4v) is 3.97. The minimum absolute atomic E-state index is 0.569. The van der Waals surface area contributed by atoms with E-state index in [0.29, 0.717) is 12.5 Å². The Hall–Kier alpha value is -3.52. The van der Waals surface area contributed by atoms with Crippen LogP contribution in [0.4, 0.5) is 11.6 Å². The smallest absolute Gasteiger partial charge is 0.229 e. The first-order valence-electron chi connectivity index (χ1n) is 8.83. The minimum atomic E-state index is 0.569. The first-order chi connectivity index (χ1) is 13.7. The lowest BCUT2D eigenvalue weighted by Gasteiger charge is -2.08. The van der Waals surface area contributed by atoms with Crippen molar-refractivity contribution in [1.29, 1.82) is 0 Å². The highest BCUT2D eigenvalue weighted by Crippen LogP contribution is 2.32. The SMILES string of the molecule is Cc1csc(-c2nc(Nc3ccc(Cn4cncn4)cc3)nc3[nH]ccc23)c1. The standard InChI is InChI=1S/C20H17N7S/c1-13-8-17(28-10-13)18-16-6-7-22-19(16)26-20(25-18)24-15-4-2-14(3-5-15)9-27-12-21-11-23-27/h2-8,10-12H,9H2,1H3,(H2,22,24,25,26). The van der Waals surface area contributed by atoms with Gasteiger partial charge in [-0.2, -0.15) is 10.1 Å². The van der Waals surface area contributed by atoms with E-state index in [0.717, 1.165) is 32.9 Å². The second-order valence-electron chi connectivity index (χ2n) is 6.54. The third-order valence-electron chi connectivity index (χ3n) is 4.40. The molecule has 4 aromatic heterocycles. The van der Waals surface area contributed by atoms with E-state index in [-0.39, 0.29) is 0 Å². The van der Waals surface area contributed by atoms with E-state index in [9.17, 15) is 0 Å². The second kappa shape index (κ2) is 6.90. The van der Waals surface area contributed by atoms with Crippen molar-refractivity contribution in [2.75, 3.05) is 5.32 Å². The Morgan fingerprint density at radius 1 is 1.14 bits per heavy atom. The fourth-order valence-electron chi connectivity index (χ4n) is 3.06. The molecule has 28 heavy (non-hydrogen) atoms. The number of aryl methyl sites for hydroxylation is 1. The van der Waals surface area contributed by atoms with Crippen LogP contribution in [0.1, 0.15) is 11.1 Å². The van der Waals surface area contributed by atoms with Crippen LogP contribution >= 0.6 is 11.3 Å². The summed E-state index contributed by atoms with van der Waals surface area (Å²) in [6.45, 7) is 2.78. The average molecular weight is 387 g/mol. The van der Waals surface area contributed by atoms with Gasteiger partial charge in [0, 0.05) is 17.3 Å². The maximum absolute atomic E-state index is 4.78. The van der Waals surface area contributed by atoms with Crippen LogP contribution in [0.5, 0.6) is 0 Å². The molecule has 0 fully saturated rings. The molecule has 5 aromatic rings. The maximum atomic E-state index is 4.78. The van der Waals surface area contributed by atoms with Crippen molar-refractivity contribution >= 4 is 34.0 Å². The van der Waals surface area contributed by atoms with Crippen LogP contribution in [0.25, 0.3) is 21.6 Å². The Balaban J connectivity index is 1.43. The van der Waals surface area contributed by atoms with E-state index < -0.39 is 0 Å². The van der Waals surface area contributed by atoms with Crippen LogP contribution in [0, 0.1) is 6.92 Å². The molecule has 0 atom stereocenters. The van der Waals surface area contributed by atoms with Gasteiger partial charge in [-0.15, -0.1) is 11.3 Å². The predicted molar refractivity (Wildman–Crippen MR) is 111 cm³/mol. The van der Waals surface area contributed by atoms with E-state index in [1.807, 2.05) is 24.4 Å². The molecule has 0 saturated carbocycles. The highest BCUT2D eigenvalue weighted by atomic mass is 32.1. The highest BCUT2D eigenvalue weighted by Gasteiger charge is 2.12. The van der Waals surface area contributed by atoms with Crippen molar-refractivity contribution < 1.29 is 0 Å². The molecule has 1 aromatic carbocycles. The van der Waals surface area contributed by atoms with Crippen LogP contribution in [0.3, 0.4) is 0 Å². The monoisotopic (exact) mass is 387 g/mol. The topological polar surface area (TPSA) is 84.3 Å². The van der Waals surface area contributed by atoms with Gasteiger partial charge in [0.2, 0.25) is 5.95 Å². The number of aromatic nitrogens is 6. The number of anilines is 2. The molecule has 0 aliphatic carbocycles. The number of hydrogen-bond donors (Lipinski definition) is 2. The fraction of sp³-hybridized carbons (Fsp3) is 0.100. The van der Waals surface area contributed by atoms with Crippen molar-refractivity contribution in [3.8, 4) is 10.6 Å². The number of H-pyrrole nitrogens is 1. The number of nitrogens with one attached hydrogen (secondary N) is 2. The van der Waals surface area contributed by atoms with Gasteiger partial charge in [-0.1, -0.05) is 12.1 Å². The summed E-state index contributed by atoms with van der Waals surface area (Å²) in [6, 6.07) is 12.3. The van der Waals surface area contributed by atoms with Gasteiger partial charge < -0.3 is 10.3 Å². The first kappa shape index (κ1) is 16.6. The Morgan fingerprint density at radius 2 is 2.04 bits per heavy atom. The van der Waals surface area contributed by atoms with E-state index in [2.05, 4.69) is 55.9 Å². The summed E-state index contributed by atoms with van der Waals surface area (Å²) in [6.07, 6.45) is 5.14. The lowest BCUT2D eigenvalue weighted by molar-refractivity contribution is 0.685. The normalized spacial score (nSPS) is 11.2. The summed E-state index contributed by atoms with van der Waals surface area (Å²) in [7, 11) is 0. The number of rotatable bonds is 5. The van der Waals surface area contributed by atoms with Crippen molar-refractivity contribution in [3.63, 3.8) is 0 Å². The highest BCUT2D eigenvalue weighted by molar-refractivity contribution is 7.13. The quantitative estimate of drug-likeness (QED) is 0.468. The summed E-state index contributed by atoms with van der Waals surface area (Å²) in [4.78, 5) is 17.7. The first-order valence-corrected chi connectivity index (χ1v) is 9.71. The molecule has 2 N–H and O–H groups in total. The van der Waals surface area contributed by atoms with Gasteiger partial charge in [0.1, 0.15) is 18.3 Å². The van der Waals surface area contributed by atoms with Crippen LogP contribution in [-0.2, 0) is 6.54 Å². The average Bonchev–Trinajstić information content (AvgIpc) is 3.44. The van der Waals surface area contributed by atoms with Crippen molar-refractivity contribution in [1.82, 2.24) is 29.7 Å². The Morgan fingerprint density at radius 3 is 2.79 bits per heavy atom. The Labute approximate surface area is 165 Å². The summed E-state index contributed by atoms with van der Waals surface area (Å²) in [5, 5.41) is 10.6. The number of fused-ring (bicyclic) bond motifs is 1. The molecule has 0 bridgehead atoms. The van der Waals surface area contributed by atoms with Crippen molar-refractivity contribution in [3.05, 3.63) is 71.8 Å². The molecule has 8 heteroatoms. The van der Waals surface area contributed by atoms with E-state index >= 15 is 0 Å². The molecule has 0 saturated heterocycles. The molecular formula is C20H17N7S. The minimum Gasteiger partial charge on any atom is -0.346 e. The molecule has 138 valence electrons. The Bertz CT molecular complexity index is 1220. The van der Waals surface area contributed by atoms with Gasteiger partial charge in [0.05, 0.1) is 17.1 Å². The summed E-state index contributed by atoms with van der Waals surface area (Å²) in [5.74, 6) is 0.569. The lowest BCUT2D eigenvalue weighted by Crippen LogP contribution is -2.01. The zero-order valence-corrected chi connectivity index (χ0v) is 15.9. The van der Waals surface area contributed by atoms with E-state index in [1.165, 1.54) is 11.9 Å². The zero-order chi connectivity index (χ0) is 18.9. The van der Waals surface area contributed by atoms with Crippen LogP contribution in [0.2, 0.25) is 0 Å². The van der Waals surface area contributed by atoms with E-state index in [1.54, 1.807) is 22.3 Å². The molecule has 5 rings (SSSR count). The largest absolute Gasteiger partial charge is 0.346 e. The molecule has 0 spiro atoms. The van der Waals surface area contributed by atoms with Gasteiger partial charge in [-0.05, 0) is 47.7 Å². The summed E-state index contributed by atoms with van der Waals surface area (Å²) in [5.41, 5.74) is 5.07. The number of thiophene rings is 1. The van der Waals surface area contributed by atoms with Gasteiger partial charge in [-0.3, -0.25) is 0 Å². The van der Waals surface area contributed by atoms with Gasteiger partial charge >= 0.3 is 0 Å². The van der Waals surface area contributed by atoms with Crippen LogP contribution in [0.15, 0.2) is 60.6 Å². The molecule has 0 amide bonds. The summed E-state index contributed by atoms with van der Waals surface area (Å²) >= 11 is 1.69. The third kappa shape index (κ3) is 3.25. The zero-order valence-electron chi connectivity index (χ0n) is 15.1. The van der Waals surface area contributed by atoms with Crippen LogP contribution < -0.4 is 5.32 Å². The van der Waals surface area contributed by atoms with E-state index in [4.69, 9.17) is 4.98 Å². The van der Waals surface area contributed by atoms with Gasteiger partial charge in [0.25, 0.3) is 0 Å².